The highest BCUT2D eigenvalue weighted by molar-refractivity contribution is 5.42. The minimum absolute atomic E-state index is 0.733. The second-order valence-corrected chi connectivity index (χ2v) is 8.67. The Morgan fingerprint density at radius 3 is 2.30 bits per heavy atom. The van der Waals surface area contributed by atoms with Gasteiger partial charge in [0, 0.05) is 5.56 Å². The minimum atomic E-state index is 0.733. The number of aromatic nitrogens is 1. The minimum Gasteiger partial charge on any atom is -0.492 e. The van der Waals surface area contributed by atoms with Gasteiger partial charge in [-0.2, -0.15) is 0 Å². The van der Waals surface area contributed by atoms with Crippen LogP contribution in [-0.4, -0.2) is 11.6 Å². The maximum absolute atomic E-state index is 5.66. The van der Waals surface area contributed by atoms with E-state index in [4.69, 9.17) is 4.74 Å². The Bertz CT molecular complexity index is 789. The van der Waals surface area contributed by atoms with E-state index in [1.807, 2.05) is 12.1 Å². The summed E-state index contributed by atoms with van der Waals surface area (Å²) in [4.78, 5) is 4.40. The van der Waals surface area contributed by atoms with Crippen molar-refractivity contribution in [2.75, 3.05) is 6.61 Å². The predicted molar refractivity (Wildman–Crippen MR) is 126 cm³/mol. The van der Waals surface area contributed by atoms with Gasteiger partial charge >= 0.3 is 0 Å². The molecule has 1 heterocycles. The van der Waals surface area contributed by atoms with Crippen molar-refractivity contribution in [3.05, 3.63) is 59.4 Å². The number of unbranched alkanes of at least 4 members (excludes halogenated alkanes) is 3. The Hall–Kier alpha value is -2.27. The molecule has 0 bridgehead atoms. The van der Waals surface area contributed by atoms with Gasteiger partial charge in [0.05, 0.1) is 12.8 Å². The maximum atomic E-state index is 5.66. The smallest absolute Gasteiger partial charge is 0.137 e. The molecule has 0 amide bonds. The van der Waals surface area contributed by atoms with Crippen molar-refractivity contribution in [3.63, 3.8) is 0 Å². The molecule has 0 atom stereocenters. The summed E-state index contributed by atoms with van der Waals surface area (Å²) in [6, 6.07) is 12.8. The van der Waals surface area contributed by atoms with Crippen LogP contribution in [0.15, 0.2) is 42.6 Å². The van der Waals surface area contributed by atoms with E-state index in [0.29, 0.717) is 0 Å². The Morgan fingerprint density at radius 2 is 1.63 bits per heavy atom. The van der Waals surface area contributed by atoms with Crippen LogP contribution in [0.1, 0.15) is 101 Å². The van der Waals surface area contributed by atoms with Crippen LogP contribution in [0.25, 0.3) is 0 Å². The number of hydrogen-bond acceptors (Lipinski definition) is 2. The molecular formula is C28H37NO. The summed E-state index contributed by atoms with van der Waals surface area (Å²) in [5.74, 6) is 8.93. The number of nitrogens with zero attached hydrogens (tertiary/aromatic N) is 1. The third-order valence-electron chi connectivity index (χ3n) is 6.28. The molecule has 0 aliphatic heterocycles. The van der Waals surface area contributed by atoms with E-state index in [1.165, 1.54) is 56.9 Å². The van der Waals surface area contributed by atoms with Gasteiger partial charge in [-0.1, -0.05) is 64.0 Å². The van der Waals surface area contributed by atoms with Crippen LogP contribution in [0, 0.1) is 17.8 Å². The Balaban J connectivity index is 1.48. The molecule has 30 heavy (non-hydrogen) atoms. The summed E-state index contributed by atoms with van der Waals surface area (Å²) in [6.45, 7) is 5.20. The topological polar surface area (TPSA) is 22.1 Å². The molecule has 2 heteroatoms. The van der Waals surface area contributed by atoms with Crippen LogP contribution < -0.4 is 4.74 Å². The van der Waals surface area contributed by atoms with Gasteiger partial charge in [-0.05, 0) is 79.7 Å². The van der Waals surface area contributed by atoms with Gasteiger partial charge in [0.2, 0.25) is 0 Å². The number of hydrogen-bond donors (Lipinski definition) is 0. The normalized spacial score (nSPS) is 18.5. The first kappa shape index (κ1) is 22.4. The lowest BCUT2D eigenvalue weighted by atomic mass is 9.77. The molecule has 1 saturated carbocycles. The lowest BCUT2D eigenvalue weighted by Gasteiger charge is -2.29. The molecule has 0 saturated heterocycles. The molecule has 2 nitrogen and oxygen atoms in total. The largest absolute Gasteiger partial charge is 0.492 e. The van der Waals surface area contributed by atoms with E-state index in [0.717, 1.165) is 48.3 Å². The van der Waals surface area contributed by atoms with Crippen molar-refractivity contribution in [2.24, 2.45) is 5.92 Å². The molecule has 0 spiro atoms. The van der Waals surface area contributed by atoms with E-state index in [9.17, 15) is 0 Å². The fraction of sp³-hybridized carbons (Fsp3) is 0.536. The standard InChI is InChI=1S/C28H37NO/c1-3-5-7-8-23-9-14-25(15-10-23)26-16-11-24(12-17-26)13-18-27-19-20-28(22-29-27)30-21-6-4-2/h11-12,16-17,19-20,22-23,25H,3-10,14-15,21H2,1-2H3. The van der Waals surface area contributed by atoms with E-state index in [1.54, 1.807) is 6.20 Å². The van der Waals surface area contributed by atoms with Crippen molar-refractivity contribution in [2.45, 2.75) is 84.0 Å². The van der Waals surface area contributed by atoms with Crippen LogP contribution in [0.5, 0.6) is 5.75 Å². The number of ether oxygens (including phenoxy) is 1. The third kappa shape index (κ3) is 7.21. The lowest BCUT2D eigenvalue weighted by Crippen LogP contribution is -2.13. The summed E-state index contributed by atoms with van der Waals surface area (Å²) in [7, 11) is 0. The van der Waals surface area contributed by atoms with Crippen LogP contribution in [0.2, 0.25) is 0 Å². The molecule has 0 unspecified atom stereocenters. The Kier molecular flexibility index (Phi) is 9.29. The molecule has 1 fully saturated rings. The summed E-state index contributed by atoms with van der Waals surface area (Å²) in [5, 5.41) is 0. The van der Waals surface area contributed by atoms with Crippen LogP contribution in [-0.2, 0) is 0 Å². The van der Waals surface area contributed by atoms with Gasteiger partial charge in [0.1, 0.15) is 11.4 Å². The van der Waals surface area contributed by atoms with Gasteiger partial charge in [0.25, 0.3) is 0 Å². The zero-order valence-corrected chi connectivity index (χ0v) is 18.8. The number of benzene rings is 1. The third-order valence-corrected chi connectivity index (χ3v) is 6.28. The zero-order chi connectivity index (χ0) is 21.0. The monoisotopic (exact) mass is 403 g/mol. The van der Waals surface area contributed by atoms with Gasteiger partial charge in [-0.15, -0.1) is 0 Å². The summed E-state index contributed by atoms with van der Waals surface area (Å²) in [6.07, 6.45) is 15.1. The molecule has 3 rings (SSSR count). The average Bonchev–Trinajstić information content (AvgIpc) is 2.80. The van der Waals surface area contributed by atoms with E-state index >= 15 is 0 Å². The maximum Gasteiger partial charge on any atom is 0.137 e. The molecule has 0 N–H and O–H groups in total. The summed E-state index contributed by atoms with van der Waals surface area (Å²) in [5.41, 5.74) is 3.32. The van der Waals surface area contributed by atoms with Crippen LogP contribution >= 0.6 is 0 Å². The first-order valence-corrected chi connectivity index (χ1v) is 12.0. The highest BCUT2D eigenvalue weighted by atomic mass is 16.5. The van der Waals surface area contributed by atoms with E-state index in [-0.39, 0.29) is 0 Å². The molecule has 0 radical (unpaired) electrons. The first-order valence-electron chi connectivity index (χ1n) is 12.0. The highest BCUT2D eigenvalue weighted by Gasteiger charge is 2.21. The number of rotatable bonds is 9. The second kappa shape index (κ2) is 12.4. The van der Waals surface area contributed by atoms with E-state index < -0.39 is 0 Å². The summed E-state index contributed by atoms with van der Waals surface area (Å²) < 4.78 is 5.66. The molecule has 160 valence electrons. The van der Waals surface area contributed by atoms with Crippen molar-refractivity contribution in [1.82, 2.24) is 4.98 Å². The van der Waals surface area contributed by atoms with Gasteiger partial charge in [-0.25, -0.2) is 4.98 Å². The second-order valence-electron chi connectivity index (χ2n) is 8.67. The van der Waals surface area contributed by atoms with Gasteiger partial charge in [0.15, 0.2) is 0 Å². The molecule has 2 aromatic rings. The zero-order valence-electron chi connectivity index (χ0n) is 18.8. The van der Waals surface area contributed by atoms with Gasteiger partial charge in [-0.3, -0.25) is 0 Å². The van der Waals surface area contributed by atoms with Crippen LogP contribution in [0.4, 0.5) is 0 Å². The summed E-state index contributed by atoms with van der Waals surface area (Å²) >= 11 is 0. The van der Waals surface area contributed by atoms with Crippen molar-refractivity contribution in [1.29, 1.82) is 0 Å². The van der Waals surface area contributed by atoms with Crippen molar-refractivity contribution < 1.29 is 4.74 Å². The Morgan fingerprint density at radius 1 is 0.867 bits per heavy atom. The van der Waals surface area contributed by atoms with Crippen molar-refractivity contribution in [3.8, 4) is 17.6 Å². The molecule has 1 aliphatic carbocycles. The molecule has 1 aromatic carbocycles. The highest BCUT2D eigenvalue weighted by Crippen LogP contribution is 2.37. The average molecular weight is 404 g/mol. The molecule has 1 aromatic heterocycles. The Labute approximate surface area is 183 Å². The van der Waals surface area contributed by atoms with Gasteiger partial charge < -0.3 is 4.74 Å². The lowest BCUT2D eigenvalue weighted by molar-refractivity contribution is 0.303. The predicted octanol–water partition coefficient (Wildman–Crippen LogP) is 7.51. The SMILES string of the molecule is CCCCCC1CCC(c2ccc(C#Cc3ccc(OCCCC)cn3)cc2)CC1. The first-order chi connectivity index (χ1) is 14.8. The van der Waals surface area contributed by atoms with Crippen LogP contribution in [0.3, 0.4) is 0 Å². The number of pyridine rings is 1. The van der Waals surface area contributed by atoms with E-state index in [2.05, 4.69) is 54.9 Å². The fourth-order valence-electron chi connectivity index (χ4n) is 4.32. The fourth-order valence-corrected chi connectivity index (χ4v) is 4.32. The quantitative estimate of drug-likeness (QED) is 0.319. The van der Waals surface area contributed by atoms with Crippen molar-refractivity contribution >= 4 is 0 Å². The molecule has 1 aliphatic rings. The molecular weight excluding hydrogens is 366 g/mol.